The number of hydrogen-bond acceptors (Lipinski definition) is 3. The molecule has 0 aromatic heterocycles. The van der Waals surface area contributed by atoms with Crippen molar-refractivity contribution >= 4 is 23.2 Å². The molecule has 1 unspecified atom stereocenters. The van der Waals surface area contributed by atoms with Crippen LogP contribution in [-0.4, -0.2) is 30.5 Å². The van der Waals surface area contributed by atoms with Gasteiger partial charge in [0.2, 0.25) is 5.91 Å². The molecule has 1 fully saturated rings. The smallest absolute Gasteiger partial charge is 0.228 e. The van der Waals surface area contributed by atoms with Crippen molar-refractivity contribution in [2.45, 2.75) is 19.4 Å². The predicted octanol–water partition coefficient (Wildman–Crippen LogP) is 4.76. The first-order chi connectivity index (χ1) is 13.1. The molecule has 142 valence electrons. The van der Waals surface area contributed by atoms with Crippen molar-refractivity contribution in [3.8, 4) is 5.75 Å². The van der Waals surface area contributed by atoms with Gasteiger partial charge < -0.3 is 10.1 Å². The number of ether oxygens (including phenoxy) is 1. The number of carbonyl (C=O) groups is 1. The normalized spacial score (nSPS) is 17.3. The Morgan fingerprint density at radius 2 is 2.11 bits per heavy atom. The molecule has 1 amide bonds. The Morgan fingerprint density at radius 3 is 2.85 bits per heavy atom. The van der Waals surface area contributed by atoms with E-state index in [9.17, 15) is 4.79 Å². The van der Waals surface area contributed by atoms with Gasteiger partial charge in [-0.1, -0.05) is 36.4 Å². The van der Waals surface area contributed by atoms with Crippen molar-refractivity contribution in [1.29, 1.82) is 0 Å². The molecule has 1 N–H and O–H groups in total. The van der Waals surface area contributed by atoms with Gasteiger partial charge in [-0.3, -0.25) is 9.69 Å². The van der Waals surface area contributed by atoms with E-state index >= 15 is 0 Å². The molecule has 0 aliphatic carbocycles. The topological polar surface area (TPSA) is 41.6 Å². The number of rotatable bonds is 7. The zero-order valence-corrected chi connectivity index (χ0v) is 16.1. The number of benzene rings is 2. The summed E-state index contributed by atoms with van der Waals surface area (Å²) in [6.45, 7) is 6.68. The molecule has 0 saturated carbocycles. The van der Waals surface area contributed by atoms with Crippen molar-refractivity contribution in [1.82, 2.24) is 4.90 Å². The van der Waals surface area contributed by atoms with Crippen molar-refractivity contribution in [2.24, 2.45) is 5.92 Å². The van der Waals surface area contributed by atoms with Crippen LogP contribution in [0.5, 0.6) is 5.75 Å². The van der Waals surface area contributed by atoms with Gasteiger partial charge in [-0.25, -0.2) is 0 Å². The molecular weight excluding hydrogens is 360 g/mol. The third-order valence-corrected chi connectivity index (χ3v) is 4.90. The van der Waals surface area contributed by atoms with Crippen LogP contribution in [0.3, 0.4) is 0 Å². The number of anilines is 1. The third kappa shape index (κ3) is 5.84. The number of piperidine rings is 1. The van der Waals surface area contributed by atoms with Crippen LogP contribution in [0, 0.1) is 5.92 Å². The Kier molecular flexibility index (Phi) is 6.91. The van der Waals surface area contributed by atoms with Crippen LogP contribution in [0.2, 0.25) is 5.02 Å². The van der Waals surface area contributed by atoms with E-state index < -0.39 is 0 Å². The van der Waals surface area contributed by atoms with E-state index in [0.717, 1.165) is 48.9 Å². The van der Waals surface area contributed by atoms with Gasteiger partial charge in [0.15, 0.2) is 0 Å². The first-order valence-corrected chi connectivity index (χ1v) is 9.63. The van der Waals surface area contributed by atoms with Crippen LogP contribution in [-0.2, 0) is 11.3 Å². The van der Waals surface area contributed by atoms with Crippen LogP contribution in [0.25, 0.3) is 0 Å². The molecule has 1 heterocycles. The van der Waals surface area contributed by atoms with Crippen LogP contribution < -0.4 is 10.1 Å². The number of nitrogens with one attached hydrogen (secondary N) is 1. The fourth-order valence-electron chi connectivity index (χ4n) is 3.34. The molecule has 0 spiro atoms. The molecule has 2 aromatic carbocycles. The second kappa shape index (κ2) is 9.58. The van der Waals surface area contributed by atoms with Crippen LogP contribution in [0.4, 0.5) is 5.69 Å². The molecule has 0 bridgehead atoms. The van der Waals surface area contributed by atoms with Gasteiger partial charge in [0.1, 0.15) is 12.4 Å². The number of carbonyl (C=O) groups excluding carboxylic acids is 1. The Balaban J connectivity index is 1.54. The molecule has 1 aliphatic heterocycles. The molecular formula is C22H25ClN2O2. The molecule has 2 aromatic rings. The maximum absolute atomic E-state index is 12.7. The standard InChI is InChI=1S/C22H25ClN2O2/c1-2-13-27-21-10-8-20(9-11-21)24-22(26)18-6-4-12-25(16-18)15-17-5-3-7-19(23)14-17/h2-3,5,7-11,14,18H,1,4,6,12-13,15-16H2,(H,24,26). The molecule has 0 radical (unpaired) electrons. The highest BCUT2D eigenvalue weighted by atomic mass is 35.5. The lowest BCUT2D eigenvalue weighted by atomic mass is 9.96. The lowest BCUT2D eigenvalue weighted by molar-refractivity contribution is -0.121. The summed E-state index contributed by atoms with van der Waals surface area (Å²) >= 11 is 6.07. The molecule has 1 aliphatic rings. The summed E-state index contributed by atoms with van der Waals surface area (Å²) in [7, 11) is 0. The molecule has 5 heteroatoms. The van der Waals surface area contributed by atoms with Crippen molar-refractivity contribution in [3.63, 3.8) is 0 Å². The maximum Gasteiger partial charge on any atom is 0.228 e. The summed E-state index contributed by atoms with van der Waals surface area (Å²) in [4.78, 5) is 15.0. The van der Waals surface area contributed by atoms with Crippen LogP contribution >= 0.6 is 11.6 Å². The minimum absolute atomic E-state index is 0.00498. The fourth-order valence-corrected chi connectivity index (χ4v) is 3.55. The van der Waals surface area contributed by atoms with Gasteiger partial charge >= 0.3 is 0 Å². The molecule has 3 rings (SSSR count). The monoisotopic (exact) mass is 384 g/mol. The Labute approximate surface area is 165 Å². The second-order valence-electron chi connectivity index (χ2n) is 6.82. The highest BCUT2D eigenvalue weighted by Gasteiger charge is 2.25. The molecule has 1 saturated heterocycles. The summed E-state index contributed by atoms with van der Waals surface area (Å²) in [5.74, 6) is 0.832. The van der Waals surface area contributed by atoms with Crippen molar-refractivity contribution in [3.05, 3.63) is 71.8 Å². The van der Waals surface area contributed by atoms with E-state index in [0.29, 0.717) is 6.61 Å². The van der Waals surface area contributed by atoms with Crippen LogP contribution in [0.1, 0.15) is 18.4 Å². The van der Waals surface area contributed by atoms with Gasteiger partial charge in [-0.2, -0.15) is 0 Å². The van der Waals surface area contributed by atoms with E-state index in [1.807, 2.05) is 42.5 Å². The van der Waals surface area contributed by atoms with E-state index in [1.54, 1.807) is 6.08 Å². The van der Waals surface area contributed by atoms with E-state index in [2.05, 4.69) is 22.9 Å². The van der Waals surface area contributed by atoms with Gasteiger partial charge in [-0.05, 0) is 61.3 Å². The Hall–Kier alpha value is -2.30. The van der Waals surface area contributed by atoms with Crippen molar-refractivity contribution < 1.29 is 9.53 Å². The van der Waals surface area contributed by atoms with Gasteiger partial charge in [0.25, 0.3) is 0 Å². The summed E-state index contributed by atoms with van der Waals surface area (Å²) in [5.41, 5.74) is 1.97. The molecule has 1 atom stereocenters. The minimum Gasteiger partial charge on any atom is -0.490 e. The minimum atomic E-state index is -0.00498. The first kappa shape index (κ1) is 19.5. The first-order valence-electron chi connectivity index (χ1n) is 9.25. The number of nitrogens with zero attached hydrogens (tertiary/aromatic N) is 1. The number of hydrogen-bond donors (Lipinski definition) is 1. The number of amides is 1. The van der Waals surface area contributed by atoms with Gasteiger partial charge in [0, 0.05) is 23.8 Å². The SMILES string of the molecule is C=CCOc1ccc(NC(=O)C2CCCN(Cc3cccc(Cl)c3)C2)cc1. The quantitative estimate of drug-likeness (QED) is 0.700. The highest BCUT2D eigenvalue weighted by molar-refractivity contribution is 6.30. The second-order valence-corrected chi connectivity index (χ2v) is 7.25. The zero-order chi connectivity index (χ0) is 19.1. The predicted molar refractivity (Wildman–Crippen MR) is 110 cm³/mol. The third-order valence-electron chi connectivity index (χ3n) is 4.66. The zero-order valence-electron chi connectivity index (χ0n) is 15.4. The van der Waals surface area contributed by atoms with Gasteiger partial charge in [0.05, 0.1) is 5.92 Å². The number of likely N-dealkylation sites (tertiary alicyclic amines) is 1. The van der Waals surface area contributed by atoms with E-state index in [1.165, 1.54) is 5.56 Å². The van der Waals surface area contributed by atoms with E-state index in [4.69, 9.17) is 16.3 Å². The summed E-state index contributed by atoms with van der Waals surface area (Å²) in [5, 5.41) is 3.78. The lowest BCUT2D eigenvalue weighted by Gasteiger charge is -2.32. The van der Waals surface area contributed by atoms with Crippen LogP contribution in [0.15, 0.2) is 61.2 Å². The average molecular weight is 385 g/mol. The molecule has 4 nitrogen and oxygen atoms in total. The fraction of sp³-hybridized carbons (Fsp3) is 0.318. The average Bonchev–Trinajstić information content (AvgIpc) is 2.68. The maximum atomic E-state index is 12.7. The summed E-state index contributed by atoms with van der Waals surface area (Å²) in [6, 6.07) is 15.3. The summed E-state index contributed by atoms with van der Waals surface area (Å²) in [6.07, 6.45) is 3.64. The van der Waals surface area contributed by atoms with E-state index in [-0.39, 0.29) is 11.8 Å². The lowest BCUT2D eigenvalue weighted by Crippen LogP contribution is -2.40. The van der Waals surface area contributed by atoms with Crippen molar-refractivity contribution in [2.75, 3.05) is 25.0 Å². The Bertz CT molecular complexity index is 776. The molecule has 27 heavy (non-hydrogen) atoms. The Morgan fingerprint density at radius 1 is 1.30 bits per heavy atom. The summed E-state index contributed by atoms with van der Waals surface area (Å²) < 4.78 is 5.46. The highest BCUT2D eigenvalue weighted by Crippen LogP contribution is 2.22. The van der Waals surface area contributed by atoms with Gasteiger partial charge in [-0.15, -0.1) is 0 Å². The number of halogens is 1. The largest absolute Gasteiger partial charge is 0.490 e.